The summed E-state index contributed by atoms with van der Waals surface area (Å²) in [5.74, 6) is 0.368. The van der Waals surface area contributed by atoms with E-state index >= 15 is 0 Å². The number of aryl methyl sites for hydroxylation is 1. The second kappa shape index (κ2) is 3.63. The number of aromatic hydroxyl groups is 1. The molecule has 1 aliphatic rings. The predicted octanol–water partition coefficient (Wildman–Crippen LogP) is 3.78. The predicted molar refractivity (Wildman–Crippen MR) is 69.3 cm³/mol. The lowest BCUT2D eigenvalue weighted by Crippen LogP contribution is -2.10. The molecule has 1 N–H and O–H groups in total. The lowest BCUT2D eigenvalue weighted by Gasteiger charge is -2.19. The summed E-state index contributed by atoms with van der Waals surface area (Å²) in [5.41, 5.74) is 4.07. The van der Waals surface area contributed by atoms with Crippen LogP contribution in [-0.2, 0) is 5.41 Å². The molecule has 3 rings (SSSR count). The van der Waals surface area contributed by atoms with E-state index in [1.807, 2.05) is 12.1 Å². The van der Waals surface area contributed by atoms with Gasteiger partial charge in [-0.3, -0.25) is 0 Å². The number of benzene rings is 2. The molecule has 2 aromatic carbocycles. The summed E-state index contributed by atoms with van der Waals surface area (Å²) in [6.45, 7) is 2.12. The molecule has 0 unspecified atom stereocenters. The molecule has 1 aliphatic carbocycles. The summed E-state index contributed by atoms with van der Waals surface area (Å²) in [7, 11) is 0. The molecule has 0 bridgehead atoms. The summed E-state index contributed by atoms with van der Waals surface area (Å²) in [6.07, 6.45) is 2.36. The maximum atomic E-state index is 9.68. The van der Waals surface area contributed by atoms with E-state index in [4.69, 9.17) is 0 Å². The Kier molecular flexibility index (Phi) is 2.22. The number of phenols is 1. The Hall–Kier alpha value is -1.76. The molecule has 0 atom stereocenters. The molecule has 0 aromatic heterocycles. The smallest absolute Gasteiger partial charge is 0.115 e. The third-order valence-corrected chi connectivity index (χ3v) is 3.81. The topological polar surface area (TPSA) is 20.2 Å². The van der Waals surface area contributed by atoms with Gasteiger partial charge in [0.25, 0.3) is 0 Å². The highest BCUT2D eigenvalue weighted by molar-refractivity contribution is 5.50. The zero-order valence-electron chi connectivity index (χ0n) is 9.98. The van der Waals surface area contributed by atoms with Crippen molar-refractivity contribution in [3.05, 3.63) is 65.2 Å². The van der Waals surface area contributed by atoms with Gasteiger partial charge in [0.15, 0.2) is 0 Å². The Morgan fingerprint density at radius 2 is 1.71 bits per heavy atom. The zero-order chi connectivity index (χ0) is 11.9. The van der Waals surface area contributed by atoms with Crippen molar-refractivity contribution in [2.24, 2.45) is 0 Å². The molecule has 1 heteroatoms. The molecule has 1 saturated carbocycles. The van der Waals surface area contributed by atoms with Crippen molar-refractivity contribution in [3.8, 4) is 5.75 Å². The van der Waals surface area contributed by atoms with E-state index in [9.17, 15) is 5.11 Å². The first-order chi connectivity index (χ1) is 8.22. The third-order valence-electron chi connectivity index (χ3n) is 3.81. The zero-order valence-corrected chi connectivity index (χ0v) is 9.98. The Morgan fingerprint density at radius 3 is 2.35 bits per heavy atom. The van der Waals surface area contributed by atoms with Gasteiger partial charge >= 0.3 is 0 Å². The van der Waals surface area contributed by atoms with Crippen molar-refractivity contribution >= 4 is 0 Å². The van der Waals surface area contributed by atoms with Crippen molar-refractivity contribution in [2.75, 3.05) is 0 Å². The lowest BCUT2D eigenvalue weighted by atomic mass is 9.85. The average molecular weight is 224 g/mol. The number of rotatable bonds is 2. The van der Waals surface area contributed by atoms with Crippen LogP contribution in [0.15, 0.2) is 48.5 Å². The van der Waals surface area contributed by atoms with Gasteiger partial charge in [0.2, 0.25) is 0 Å². The Morgan fingerprint density at radius 1 is 1.00 bits per heavy atom. The van der Waals surface area contributed by atoms with Gasteiger partial charge in [0, 0.05) is 5.41 Å². The molecule has 1 nitrogen and oxygen atoms in total. The SMILES string of the molecule is Cc1ccc(O)cc1C1(c2ccccc2)CC1. The van der Waals surface area contributed by atoms with Gasteiger partial charge < -0.3 is 5.11 Å². The van der Waals surface area contributed by atoms with Crippen LogP contribution in [-0.4, -0.2) is 5.11 Å². The van der Waals surface area contributed by atoms with Crippen LogP contribution in [0.5, 0.6) is 5.75 Å². The van der Waals surface area contributed by atoms with Crippen LogP contribution in [0.2, 0.25) is 0 Å². The van der Waals surface area contributed by atoms with E-state index in [1.165, 1.54) is 29.5 Å². The molecular formula is C16H16O. The monoisotopic (exact) mass is 224 g/mol. The van der Waals surface area contributed by atoms with Crippen molar-refractivity contribution in [2.45, 2.75) is 25.2 Å². The summed E-state index contributed by atoms with van der Waals surface area (Å²) >= 11 is 0. The summed E-state index contributed by atoms with van der Waals surface area (Å²) < 4.78 is 0. The number of hydrogen-bond donors (Lipinski definition) is 1. The summed E-state index contributed by atoms with van der Waals surface area (Å²) in [5, 5.41) is 9.68. The van der Waals surface area contributed by atoms with Gasteiger partial charge in [-0.15, -0.1) is 0 Å². The molecule has 17 heavy (non-hydrogen) atoms. The molecule has 0 heterocycles. The van der Waals surface area contributed by atoms with Crippen LogP contribution in [0.4, 0.5) is 0 Å². The van der Waals surface area contributed by atoms with Gasteiger partial charge in [0.1, 0.15) is 5.75 Å². The highest BCUT2D eigenvalue weighted by Crippen LogP contribution is 2.54. The van der Waals surface area contributed by atoms with Crippen LogP contribution in [0.1, 0.15) is 29.5 Å². The van der Waals surface area contributed by atoms with Crippen LogP contribution in [0.25, 0.3) is 0 Å². The highest BCUT2D eigenvalue weighted by atomic mass is 16.3. The molecule has 86 valence electrons. The van der Waals surface area contributed by atoms with E-state index in [0.29, 0.717) is 5.75 Å². The highest BCUT2D eigenvalue weighted by Gasteiger charge is 2.46. The maximum absolute atomic E-state index is 9.68. The van der Waals surface area contributed by atoms with Crippen LogP contribution in [0, 0.1) is 6.92 Å². The van der Waals surface area contributed by atoms with Gasteiger partial charge in [-0.25, -0.2) is 0 Å². The molecule has 0 saturated heterocycles. The van der Waals surface area contributed by atoms with Crippen LogP contribution in [0.3, 0.4) is 0 Å². The third kappa shape index (κ3) is 1.62. The Labute approximate surface area is 102 Å². The average Bonchev–Trinajstić information content (AvgIpc) is 3.15. The summed E-state index contributed by atoms with van der Waals surface area (Å²) in [4.78, 5) is 0. The number of hydrogen-bond acceptors (Lipinski definition) is 1. The fraction of sp³-hybridized carbons (Fsp3) is 0.250. The van der Waals surface area contributed by atoms with Crippen molar-refractivity contribution < 1.29 is 5.11 Å². The first-order valence-corrected chi connectivity index (χ1v) is 6.08. The van der Waals surface area contributed by atoms with Gasteiger partial charge in [-0.2, -0.15) is 0 Å². The molecule has 0 radical (unpaired) electrons. The van der Waals surface area contributed by atoms with Crippen LogP contribution < -0.4 is 0 Å². The molecule has 0 aliphatic heterocycles. The Bertz CT molecular complexity index is 539. The minimum Gasteiger partial charge on any atom is -0.508 e. The first kappa shape index (κ1) is 10.4. The fourth-order valence-corrected chi connectivity index (χ4v) is 2.72. The normalized spacial score (nSPS) is 16.8. The first-order valence-electron chi connectivity index (χ1n) is 6.08. The van der Waals surface area contributed by atoms with Crippen molar-refractivity contribution in [3.63, 3.8) is 0 Å². The molecular weight excluding hydrogens is 208 g/mol. The number of phenolic OH excluding ortho intramolecular Hbond substituents is 1. The second-order valence-electron chi connectivity index (χ2n) is 4.95. The van der Waals surface area contributed by atoms with Gasteiger partial charge in [0.05, 0.1) is 0 Å². The lowest BCUT2D eigenvalue weighted by molar-refractivity contribution is 0.473. The Balaban J connectivity index is 2.13. The van der Waals surface area contributed by atoms with E-state index in [-0.39, 0.29) is 5.41 Å². The fourth-order valence-electron chi connectivity index (χ4n) is 2.72. The van der Waals surface area contributed by atoms with Crippen molar-refractivity contribution in [1.82, 2.24) is 0 Å². The standard InChI is InChI=1S/C16H16O/c1-12-7-8-14(17)11-15(12)16(9-10-16)13-5-3-2-4-6-13/h2-8,11,17H,9-10H2,1H3. The summed E-state index contributed by atoms with van der Waals surface area (Å²) in [6, 6.07) is 16.3. The largest absolute Gasteiger partial charge is 0.508 e. The molecule has 0 spiro atoms. The quantitative estimate of drug-likeness (QED) is 0.823. The minimum absolute atomic E-state index is 0.157. The molecule has 0 amide bonds. The van der Waals surface area contributed by atoms with E-state index in [1.54, 1.807) is 6.07 Å². The molecule has 1 fully saturated rings. The van der Waals surface area contributed by atoms with Gasteiger partial charge in [-0.05, 0) is 48.6 Å². The second-order valence-corrected chi connectivity index (χ2v) is 4.95. The molecule has 2 aromatic rings. The van der Waals surface area contributed by atoms with E-state index in [2.05, 4.69) is 37.3 Å². The minimum atomic E-state index is 0.157. The van der Waals surface area contributed by atoms with Gasteiger partial charge in [-0.1, -0.05) is 36.4 Å². The maximum Gasteiger partial charge on any atom is 0.115 e. The van der Waals surface area contributed by atoms with Crippen LogP contribution >= 0.6 is 0 Å². The van der Waals surface area contributed by atoms with E-state index in [0.717, 1.165) is 0 Å². The van der Waals surface area contributed by atoms with E-state index < -0.39 is 0 Å². The van der Waals surface area contributed by atoms with Crippen molar-refractivity contribution in [1.29, 1.82) is 0 Å².